The van der Waals surface area contributed by atoms with Crippen LogP contribution < -0.4 is 5.32 Å². The van der Waals surface area contributed by atoms with Gasteiger partial charge in [-0.3, -0.25) is 14.5 Å². The average Bonchev–Trinajstić information content (AvgIpc) is 2.83. The molecule has 0 atom stereocenters. The fraction of sp³-hybridized carbons (Fsp3) is 0.250. The van der Waals surface area contributed by atoms with Crippen LogP contribution >= 0.6 is 11.6 Å². The number of nitrogens with one attached hydrogen (secondary N) is 1. The molecule has 5 nitrogen and oxygen atoms in total. The van der Waals surface area contributed by atoms with Gasteiger partial charge in [-0.05, 0) is 19.9 Å². The number of halogens is 1. The Kier molecular flexibility index (Phi) is 3.62. The first-order valence-corrected chi connectivity index (χ1v) is 5.94. The largest absolute Gasteiger partial charge is 0.320 e. The molecule has 6 heteroatoms. The third-order valence-corrected chi connectivity index (χ3v) is 3.01. The van der Waals surface area contributed by atoms with Crippen molar-refractivity contribution in [3.05, 3.63) is 40.9 Å². The summed E-state index contributed by atoms with van der Waals surface area (Å²) in [6.07, 6.45) is 4.82. The molecule has 0 fully saturated rings. The van der Waals surface area contributed by atoms with Crippen LogP contribution in [0.1, 0.15) is 23.0 Å². The maximum atomic E-state index is 12.0. The molecular weight excluding hydrogens is 252 g/mol. The van der Waals surface area contributed by atoms with Gasteiger partial charge in [-0.2, -0.15) is 5.10 Å². The molecule has 1 amide bonds. The maximum absolute atomic E-state index is 12.0. The second-order valence-corrected chi connectivity index (χ2v) is 4.17. The molecule has 0 aliphatic carbocycles. The van der Waals surface area contributed by atoms with E-state index < -0.39 is 0 Å². The van der Waals surface area contributed by atoms with E-state index in [4.69, 9.17) is 11.6 Å². The molecule has 2 aromatic heterocycles. The number of anilines is 1. The highest BCUT2D eigenvalue weighted by atomic mass is 35.5. The minimum absolute atomic E-state index is 0.234. The van der Waals surface area contributed by atoms with Crippen LogP contribution in [0.25, 0.3) is 0 Å². The molecular formula is C12H13ClN4O. The van der Waals surface area contributed by atoms with Crippen molar-refractivity contribution in [1.82, 2.24) is 14.8 Å². The van der Waals surface area contributed by atoms with Gasteiger partial charge < -0.3 is 5.32 Å². The van der Waals surface area contributed by atoms with Gasteiger partial charge in [0.1, 0.15) is 0 Å². The molecule has 2 aromatic rings. The summed E-state index contributed by atoms with van der Waals surface area (Å²) in [7, 11) is 0. The quantitative estimate of drug-likeness (QED) is 0.927. The van der Waals surface area contributed by atoms with Gasteiger partial charge in [0.15, 0.2) is 0 Å². The van der Waals surface area contributed by atoms with Crippen LogP contribution in [-0.2, 0) is 6.54 Å². The predicted octanol–water partition coefficient (Wildman–Crippen LogP) is 2.51. The minimum Gasteiger partial charge on any atom is -0.320 e. The molecule has 0 saturated carbocycles. The van der Waals surface area contributed by atoms with Gasteiger partial charge in [-0.25, -0.2) is 0 Å². The van der Waals surface area contributed by atoms with Crippen LogP contribution in [0.4, 0.5) is 5.69 Å². The highest BCUT2D eigenvalue weighted by Gasteiger charge is 2.11. The zero-order valence-electron chi connectivity index (χ0n) is 10.1. The number of nitrogens with zero attached hydrogens (tertiary/aromatic N) is 3. The van der Waals surface area contributed by atoms with Gasteiger partial charge in [0.25, 0.3) is 5.91 Å². The molecule has 0 aromatic carbocycles. The number of hydrogen-bond donors (Lipinski definition) is 1. The van der Waals surface area contributed by atoms with E-state index in [1.54, 1.807) is 30.1 Å². The summed E-state index contributed by atoms with van der Waals surface area (Å²) in [6, 6.07) is 1.66. The van der Waals surface area contributed by atoms with Crippen LogP contribution in [-0.4, -0.2) is 20.7 Å². The molecule has 0 aliphatic rings. The summed E-state index contributed by atoms with van der Waals surface area (Å²) < 4.78 is 1.69. The molecule has 0 bridgehead atoms. The van der Waals surface area contributed by atoms with E-state index in [1.807, 2.05) is 6.92 Å². The summed E-state index contributed by atoms with van der Waals surface area (Å²) in [5, 5.41) is 7.24. The lowest BCUT2D eigenvalue weighted by atomic mass is 10.3. The van der Waals surface area contributed by atoms with Crippen molar-refractivity contribution in [3.8, 4) is 0 Å². The first-order chi connectivity index (χ1) is 8.61. The van der Waals surface area contributed by atoms with Crippen molar-refractivity contribution in [2.24, 2.45) is 0 Å². The fourth-order valence-corrected chi connectivity index (χ4v) is 1.65. The van der Waals surface area contributed by atoms with Gasteiger partial charge in [-0.1, -0.05) is 11.6 Å². The van der Waals surface area contributed by atoms with Gasteiger partial charge in [0, 0.05) is 18.9 Å². The van der Waals surface area contributed by atoms with Gasteiger partial charge in [0.05, 0.1) is 28.2 Å². The number of rotatable bonds is 3. The zero-order chi connectivity index (χ0) is 13.1. The summed E-state index contributed by atoms with van der Waals surface area (Å²) in [4.78, 5) is 16.0. The number of aromatic nitrogens is 3. The molecule has 18 heavy (non-hydrogen) atoms. The average molecular weight is 265 g/mol. The first-order valence-electron chi connectivity index (χ1n) is 5.56. The summed E-state index contributed by atoms with van der Waals surface area (Å²) in [6.45, 7) is 4.47. The zero-order valence-corrected chi connectivity index (χ0v) is 10.9. The Morgan fingerprint density at radius 1 is 1.56 bits per heavy atom. The van der Waals surface area contributed by atoms with E-state index in [2.05, 4.69) is 15.4 Å². The van der Waals surface area contributed by atoms with Crippen molar-refractivity contribution in [1.29, 1.82) is 0 Å². The molecule has 0 unspecified atom stereocenters. The normalized spacial score (nSPS) is 10.4. The Labute approximate surface area is 110 Å². The predicted molar refractivity (Wildman–Crippen MR) is 69.8 cm³/mol. The van der Waals surface area contributed by atoms with Crippen molar-refractivity contribution >= 4 is 23.2 Å². The fourth-order valence-electron chi connectivity index (χ4n) is 1.49. The van der Waals surface area contributed by atoms with E-state index >= 15 is 0 Å². The number of carbonyl (C=O) groups excluding carboxylic acids is 1. The molecule has 0 saturated heterocycles. The van der Waals surface area contributed by atoms with E-state index in [-0.39, 0.29) is 5.91 Å². The lowest BCUT2D eigenvalue weighted by Crippen LogP contribution is -2.12. The second-order valence-electron chi connectivity index (χ2n) is 3.80. The Morgan fingerprint density at radius 3 is 3.00 bits per heavy atom. The minimum atomic E-state index is -0.234. The lowest BCUT2D eigenvalue weighted by molar-refractivity contribution is 0.102. The van der Waals surface area contributed by atoms with Gasteiger partial charge in [0.2, 0.25) is 0 Å². The summed E-state index contributed by atoms with van der Waals surface area (Å²) in [5.41, 5.74) is 1.74. The molecule has 94 valence electrons. The molecule has 0 spiro atoms. The highest BCUT2D eigenvalue weighted by Crippen LogP contribution is 2.23. The number of pyridine rings is 1. The standard InChI is InChI=1S/C12H13ClN4O/c1-3-17-7-9(6-15-17)12(18)16-10-4-5-14-8(2)11(10)13/h4-7H,3H2,1-2H3,(H,14,16,18). The van der Waals surface area contributed by atoms with Gasteiger partial charge in [-0.15, -0.1) is 0 Å². The van der Waals surface area contributed by atoms with Gasteiger partial charge >= 0.3 is 0 Å². The lowest BCUT2D eigenvalue weighted by Gasteiger charge is -2.06. The van der Waals surface area contributed by atoms with Crippen molar-refractivity contribution in [2.45, 2.75) is 20.4 Å². The Balaban J connectivity index is 2.18. The third-order valence-electron chi connectivity index (χ3n) is 2.53. The van der Waals surface area contributed by atoms with Crippen molar-refractivity contribution in [2.75, 3.05) is 5.32 Å². The second kappa shape index (κ2) is 5.18. The van der Waals surface area contributed by atoms with E-state index in [1.165, 1.54) is 6.20 Å². The molecule has 1 N–H and O–H groups in total. The monoisotopic (exact) mass is 264 g/mol. The van der Waals surface area contributed by atoms with Crippen molar-refractivity contribution in [3.63, 3.8) is 0 Å². The molecule has 2 rings (SSSR count). The van der Waals surface area contributed by atoms with E-state index in [0.29, 0.717) is 22.0 Å². The SMILES string of the molecule is CCn1cc(C(=O)Nc2ccnc(C)c2Cl)cn1. The Bertz CT molecular complexity index is 579. The Hall–Kier alpha value is -1.88. The van der Waals surface area contributed by atoms with Crippen LogP contribution in [0.15, 0.2) is 24.7 Å². The number of aryl methyl sites for hydroxylation is 2. The van der Waals surface area contributed by atoms with E-state index in [9.17, 15) is 4.79 Å². The number of amides is 1. The smallest absolute Gasteiger partial charge is 0.258 e. The van der Waals surface area contributed by atoms with Crippen LogP contribution in [0.2, 0.25) is 5.02 Å². The summed E-state index contributed by atoms with van der Waals surface area (Å²) >= 11 is 6.06. The van der Waals surface area contributed by atoms with Crippen molar-refractivity contribution < 1.29 is 4.79 Å². The molecule has 2 heterocycles. The number of hydrogen-bond acceptors (Lipinski definition) is 3. The third kappa shape index (κ3) is 2.51. The topological polar surface area (TPSA) is 59.8 Å². The molecule has 0 radical (unpaired) electrons. The first kappa shape index (κ1) is 12.6. The van der Waals surface area contributed by atoms with Crippen LogP contribution in [0.5, 0.6) is 0 Å². The van der Waals surface area contributed by atoms with Crippen LogP contribution in [0, 0.1) is 6.92 Å². The molecule has 0 aliphatic heterocycles. The van der Waals surface area contributed by atoms with Crippen LogP contribution in [0.3, 0.4) is 0 Å². The van der Waals surface area contributed by atoms with E-state index in [0.717, 1.165) is 6.54 Å². The summed E-state index contributed by atoms with van der Waals surface area (Å²) in [5.74, 6) is -0.234. The highest BCUT2D eigenvalue weighted by molar-refractivity contribution is 6.34. The Morgan fingerprint density at radius 2 is 2.33 bits per heavy atom. The number of carbonyl (C=O) groups is 1. The maximum Gasteiger partial charge on any atom is 0.258 e.